The largest absolute Gasteiger partial charge is 0.388 e. The van der Waals surface area contributed by atoms with Crippen LogP contribution in [0.1, 0.15) is 55.2 Å². The lowest BCUT2D eigenvalue weighted by Gasteiger charge is -2.49. The average molecular weight is 293 g/mol. The number of rotatable bonds is 0. The number of hydrogen-bond acceptors (Lipinski definition) is 2. The molecule has 5 atom stereocenters. The van der Waals surface area contributed by atoms with Crippen molar-refractivity contribution in [3.8, 4) is 6.07 Å². The fourth-order valence-electron chi connectivity index (χ4n) is 5.66. The molecule has 2 saturated carbocycles. The Morgan fingerprint density at radius 1 is 1.36 bits per heavy atom. The van der Waals surface area contributed by atoms with Crippen molar-refractivity contribution in [2.24, 2.45) is 17.3 Å². The van der Waals surface area contributed by atoms with Gasteiger partial charge in [-0.3, -0.25) is 0 Å². The van der Waals surface area contributed by atoms with Gasteiger partial charge in [-0.2, -0.15) is 5.26 Å². The van der Waals surface area contributed by atoms with Gasteiger partial charge in [0.05, 0.1) is 17.7 Å². The SMILES string of the molecule is C=C1CC2C3CCc4c(C#N)cccc4C3CC[C@]2(C)[C@H]1O. The Kier molecular flexibility index (Phi) is 3.00. The lowest BCUT2D eigenvalue weighted by Crippen LogP contribution is -2.44. The van der Waals surface area contributed by atoms with E-state index in [1.54, 1.807) is 0 Å². The molecule has 2 nitrogen and oxygen atoms in total. The van der Waals surface area contributed by atoms with E-state index in [1.165, 1.54) is 11.1 Å². The van der Waals surface area contributed by atoms with E-state index in [2.05, 4.69) is 25.6 Å². The van der Waals surface area contributed by atoms with Gasteiger partial charge in [0.2, 0.25) is 0 Å². The summed E-state index contributed by atoms with van der Waals surface area (Å²) in [5.41, 5.74) is 4.60. The summed E-state index contributed by atoms with van der Waals surface area (Å²) in [6.07, 6.45) is 5.00. The fraction of sp³-hybridized carbons (Fsp3) is 0.550. The summed E-state index contributed by atoms with van der Waals surface area (Å²) >= 11 is 0. The highest BCUT2D eigenvalue weighted by molar-refractivity contribution is 5.46. The van der Waals surface area contributed by atoms with Gasteiger partial charge >= 0.3 is 0 Å². The second-order valence-corrected chi connectivity index (χ2v) is 7.71. The summed E-state index contributed by atoms with van der Waals surface area (Å²) < 4.78 is 0. The topological polar surface area (TPSA) is 44.0 Å². The van der Waals surface area contributed by atoms with E-state index >= 15 is 0 Å². The predicted octanol–water partition coefficient (Wildman–Crippen LogP) is 3.94. The third kappa shape index (κ3) is 1.69. The molecule has 0 heterocycles. The van der Waals surface area contributed by atoms with E-state index < -0.39 is 0 Å². The van der Waals surface area contributed by atoms with Crippen LogP contribution in [0.2, 0.25) is 0 Å². The standard InChI is InChI=1S/C20H23NO/c1-12-10-18-17-7-6-14-13(11-21)4-3-5-15(14)16(17)8-9-20(18,2)19(12)22/h3-5,16-19,22H,1,6-10H2,2H3/t16?,17?,18?,19-,20-/m0/s1. The van der Waals surface area contributed by atoms with Crippen molar-refractivity contribution in [3.05, 3.63) is 47.0 Å². The smallest absolute Gasteiger partial charge is 0.0994 e. The monoisotopic (exact) mass is 293 g/mol. The first kappa shape index (κ1) is 14.0. The van der Waals surface area contributed by atoms with E-state index in [9.17, 15) is 10.4 Å². The molecule has 0 bridgehead atoms. The Balaban J connectivity index is 1.75. The van der Waals surface area contributed by atoms with E-state index in [0.717, 1.165) is 43.2 Å². The van der Waals surface area contributed by atoms with Gasteiger partial charge in [-0.05, 0) is 72.6 Å². The van der Waals surface area contributed by atoms with Gasteiger partial charge in [0, 0.05) is 5.41 Å². The second kappa shape index (κ2) is 4.70. The van der Waals surface area contributed by atoms with E-state index in [1.807, 2.05) is 12.1 Å². The molecule has 2 heteroatoms. The summed E-state index contributed by atoms with van der Waals surface area (Å²) in [5.74, 6) is 1.75. The van der Waals surface area contributed by atoms with E-state index in [0.29, 0.717) is 17.8 Å². The van der Waals surface area contributed by atoms with Crippen LogP contribution in [-0.2, 0) is 6.42 Å². The van der Waals surface area contributed by atoms with Crippen LogP contribution in [0, 0.1) is 28.6 Å². The molecule has 0 amide bonds. The van der Waals surface area contributed by atoms with Crippen LogP contribution < -0.4 is 0 Å². The summed E-state index contributed by atoms with van der Waals surface area (Å²) in [6.45, 7) is 6.38. The zero-order valence-corrected chi connectivity index (χ0v) is 13.2. The Hall–Kier alpha value is -1.59. The molecular formula is C20H23NO. The van der Waals surface area contributed by atoms with Gasteiger partial charge in [-0.25, -0.2) is 0 Å². The molecule has 3 unspecified atom stereocenters. The highest BCUT2D eigenvalue weighted by Crippen LogP contribution is 2.61. The Labute approximate surface area is 132 Å². The van der Waals surface area contributed by atoms with Crippen molar-refractivity contribution in [2.75, 3.05) is 0 Å². The van der Waals surface area contributed by atoms with Crippen LogP contribution in [-0.4, -0.2) is 11.2 Å². The molecule has 2 fully saturated rings. The summed E-state index contributed by atoms with van der Waals surface area (Å²) in [6, 6.07) is 8.59. The van der Waals surface area contributed by atoms with E-state index in [-0.39, 0.29) is 11.5 Å². The van der Waals surface area contributed by atoms with Gasteiger partial charge < -0.3 is 5.11 Å². The van der Waals surface area contributed by atoms with Crippen molar-refractivity contribution in [3.63, 3.8) is 0 Å². The molecule has 22 heavy (non-hydrogen) atoms. The number of benzene rings is 1. The highest BCUT2D eigenvalue weighted by atomic mass is 16.3. The van der Waals surface area contributed by atoms with E-state index in [4.69, 9.17) is 0 Å². The summed E-state index contributed by atoms with van der Waals surface area (Å²) in [4.78, 5) is 0. The molecule has 1 aromatic carbocycles. The quantitative estimate of drug-likeness (QED) is 0.736. The number of nitriles is 1. The van der Waals surface area contributed by atoms with Gasteiger partial charge in [0.25, 0.3) is 0 Å². The van der Waals surface area contributed by atoms with Gasteiger partial charge in [-0.1, -0.05) is 25.6 Å². The zero-order valence-electron chi connectivity index (χ0n) is 13.2. The molecule has 1 N–H and O–H groups in total. The van der Waals surface area contributed by atoms with Gasteiger partial charge in [0.1, 0.15) is 0 Å². The molecular weight excluding hydrogens is 270 g/mol. The van der Waals surface area contributed by atoms with Crippen LogP contribution in [0.15, 0.2) is 30.4 Å². The molecule has 114 valence electrons. The second-order valence-electron chi connectivity index (χ2n) is 7.71. The number of aliphatic hydroxyl groups is 1. The number of hydrogen-bond donors (Lipinski definition) is 1. The molecule has 0 spiro atoms. The molecule has 0 aliphatic heterocycles. The number of fused-ring (bicyclic) bond motifs is 5. The maximum atomic E-state index is 10.6. The molecule has 1 aromatic rings. The van der Waals surface area contributed by atoms with Crippen molar-refractivity contribution >= 4 is 0 Å². The molecule has 0 saturated heterocycles. The van der Waals surface area contributed by atoms with Crippen molar-refractivity contribution in [2.45, 2.75) is 51.0 Å². The number of nitrogens with zero attached hydrogens (tertiary/aromatic N) is 1. The van der Waals surface area contributed by atoms with Gasteiger partial charge in [0.15, 0.2) is 0 Å². The first-order valence-electron chi connectivity index (χ1n) is 8.44. The zero-order chi connectivity index (χ0) is 15.5. The van der Waals surface area contributed by atoms with Crippen LogP contribution in [0.25, 0.3) is 0 Å². The van der Waals surface area contributed by atoms with Crippen LogP contribution in [0.4, 0.5) is 0 Å². The van der Waals surface area contributed by atoms with Crippen LogP contribution in [0.5, 0.6) is 0 Å². The Morgan fingerprint density at radius 3 is 2.95 bits per heavy atom. The van der Waals surface area contributed by atoms with Crippen LogP contribution in [0.3, 0.4) is 0 Å². The predicted molar refractivity (Wildman–Crippen MR) is 86.3 cm³/mol. The fourth-order valence-corrected chi connectivity index (χ4v) is 5.66. The highest BCUT2D eigenvalue weighted by Gasteiger charge is 2.55. The van der Waals surface area contributed by atoms with Gasteiger partial charge in [-0.15, -0.1) is 0 Å². The lowest BCUT2D eigenvalue weighted by molar-refractivity contribution is -0.0159. The minimum Gasteiger partial charge on any atom is -0.388 e. The third-order valence-electron chi connectivity index (χ3n) is 6.83. The maximum absolute atomic E-state index is 10.6. The minimum absolute atomic E-state index is 0.0165. The molecule has 0 aromatic heterocycles. The lowest BCUT2D eigenvalue weighted by atomic mass is 9.55. The van der Waals surface area contributed by atoms with Crippen LogP contribution >= 0.6 is 0 Å². The number of aliphatic hydroxyl groups excluding tert-OH is 1. The first-order valence-corrected chi connectivity index (χ1v) is 8.44. The average Bonchev–Trinajstić information content (AvgIpc) is 2.77. The minimum atomic E-state index is -0.328. The Morgan fingerprint density at radius 2 is 2.18 bits per heavy atom. The van der Waals surface area contributed by atoms with Crippen molar-refractivity contribution < 1.29 is 5.11 Å². The maximum Gasteiger partial charge on any atom is 0.0994 e. The normalized spacial score (nSPS) is 39.6. The Bertz CT molecular complexity index is 685. The molecule has 0 radical (unpaired) electrons. The molecule has 3 aliphatic carbocycles. The molecule has 3 aliphatic rings. The van der Waals surface area contributed by atoms with Crippen molar-refractivity contribution in [1.29, 1.82) is 5.26 Å². The summed E-state index contributed by atoms with van der Waals surface area (Å²) in [5, 5.41) is 19.9. The molecule has 4 rings (SSSR count). The van der Waals surface area contributed by atoms with Crippen molar-refractivity contribution in [1.82, 2.24) is 0 Å². The first-order chi connectivity index (χ1) is 10.6. The third-order valence-corrected chi connectivity index (χ3v) is 6.83. The summed E-state index contributed by atoms with van der Waals surface area (Å²) in [7, 11) is 0.